The van der Waals surface area contributed by atoms with Gasteiger partial charge < -0.3 is 0 Å². The topological polar surface area (TPSA) is 30.0 Å². The Balaban J connectivity index is 2.32. The second kappa shape index (κ2) is 4.23. The average Bonchev–Trinajstić information content (AvgIpc) is 2.30. The van der Waals surface area contributed by atoms with Gasteiger partial charge >= 0.3 is 0 Å². The fourth-order valence-corrected chi connectivity index (χ4v) is 1.37. The van der Waals surface area contributed by atoms with Crippen molar-refractivity contribution in [2.24, 2.45) is 0 Å². The van der Waals surface area contributed by atoms with Crippen molar-refractivity contribution in [3.8, 4) is 0 Å². The fourth-order valence-electron chi connectivity index (χ4n) is 1.37. The number of aromatic nitrogens is 1. The molecule has 0 N–H and O–H groups in total. The van der Waals surface area contributed by atoms with Crippen molar-refractivity contribution in [1.29, 1.82) is 0 Å². The fraction of sp³-hybridized carbons (Fsp3) is 0.0769. The predicted octanol–water partition coefficient (Wildman–Crippen LogP) is 2.76. The van der Waals surface area contributed by atoms with Crippen molar-refractivity contribution >= 4 is 5.78 Å². The van der Waals surface area contributed by atoms with Crippen molar-refractivity contribution in [1.82, 2.24) is 4.98 Å². The smallest absolute Gasteiger partial charge is 0.194 e. The second-order valence-corrected chi connectivity index (χ2v) is 3.52. The molecule has 0 bridgehead atoms. The second-order valence-electron chi connectivity index (χ2n) is 3.52. The molecule has 0 saturated heterocycles. The minimum Gasteiger partial charge on any atom is -0.289 e. The van der Waals surface area contributed by atoms with Gasteiger partial charge in [-0.05, 0) is 43.3 Å². The first kappa shape index (κ1) is 10.5. The van der Waals surface area contributed by atoms with Crippen LogP contribution in [0.15, 0.2) is 42.6 Å². The van der Waals surface area contributed by atoms with Gasteiger partial charge in [0.05, 0.1) is 0 Å². The van der Waals surface area contributed by atoms with Crippen LogP contribution in [0, 0.1) is 12.7 Å². The van der Waals surface area contributed by atoms with Crippen molar-refractivity contribution in [2.45, 2.75) is 6.92 Å². The lowest BCUT2D eigenvalue weighted by molar-refractivity contribution is 0.103. The van der Waals surface area contributed by atoms with Crippen LogP contribution < -0.4 is 0 Å². The lowest BCUT2D eigenvalue weighted by Crippen LogP contribution is -2.02. The van der Waals surface area contributed by atoms with Crippen molar-refractivity contribution in [2.75, 3.05) is 0 Å². The summed E-state index contributed by atoms with van der Waals surface area (Å²) in [4.78, 5) is 16.0. The number of benzene rings is 1. The molecule has 2 aromatic rings. The third-order valence-electron chi connectivity index (χ3n) is 2.28. The molecule has 0 fully saturated rings. The SMILES string of the molecule is Cc1ccc(C(=O)c2ccc(F)cc2)cn1. The number of aryl methyl sites for hydroxylation is 1. The van der Waals surface area contributed by atoms with Gasteiger partial charge in [0.15, 0.2) is 5.78 Å². The maximum Gasteiger partial charge on any atom is 0.194 e. The van der Waals surface area contributed by atoms with Crippen LogP contribution in [0.25, 0.3) is 0 Å². The predicted molar refractivity (Wildman–Crippen MR) is 58.8 cm³/mol. The first-order valence-corrected chi connectivity index (χ1v) is 4.90. The van der Waals surface area contributed by atoms with Crippen LogP contribution >= 0.6 is 0 Å². The number of carbonyl (C=O) groups is 1. The van der Waals surface area contributed by atoms with E-state index in [1.165, 1.54) is 30.5 Å². The molecule has 1 aromatic carbocycles. The van der Waals surface area contributed by atoms with E-state index in [0.29, 0.717) is 11.1 Å². The number of pyridine rings is 1. The molecule has 0 atom stereocenters. The van der Waals surface area contributed by atoms with Crippen LogP contribution in [0.1, 0.15) is 21.6 Å². The molecule has 0 aliphatic rings. The van der Waals surface area contributed by atoms with Crippen LogP contribution in [-0.4, -0.2) is 10.8 Å². The number of hydrogen-bond donors (Lipinski definition) is 0. The van der Waals surface area contributed by atoms with Crippen molar-refractivity contribution < 1.29 is 9.18 Å². The summed E-state index contributed by atoms with van der Waals surface area (Å²) in [5, 5.41) is 0. The van der Waals surface area contributed by atoms with Crippen LogP contribution in [0.4, 0.5) is 4.39 Å². The maximum absolute atomic E-state index is 12.7. The first-order valence-electron chi connectivity index (χ1n) is 4.90. The molecule has 0 aliphatic carbocycles. The number of carbonyl (C=O) groups excluding carboxylic acids is 1. The third-order valence-corrected chi connectivity index (χ3v) is 2.28. The number of nitrogens with zero attached hydrogens (tertiary/aromatic N) is 1. The van der Waals surface area contributed by atoms with Gasteiger partial charge in [0, 0.05) is 23.0 Å². The molecule has 0 amide bonds. The van der Waals surface area contributed by atoms with Crippen LogP contribution in [0.5, 0.6) is 0 Å². The standard InChI is InChI=1S/C13H10FNO/c1-9-2-3-11(8-15-9)13(16)10-4-6-12(14)7-5-10/h2-8H,1H3. The van der Waals surface area contributed by atoms with Crippen LogP contribution in [0.3, 0.4) is 0 Å². The zero-order chi connectivity index (χ0) is 11.5. The summed E-state index contributed by atoms with van der Waals surface area (Å²) in [5.41, 5.74) is 1.83. The first-order chi connectivity index (χ1) is 7.66. The molecule has 1 aromatic heterocycles. The Morgan fingerprint density at radius 1 is 1.06 bits per heavy atom. The molecule has 1 heterocycles. The number of hydrogen-bond acceptors (Lipinski definition) is 2. The molecule has 2 nitrogen and oxygen atoms in total. The van der Waals surface area contributed by atoms with E-state index < -0.39 is 0 Å². The lowest BCUT2D eigenvalue weighted by atomic mass is 10.1. The number of halogens is 1. The molecule has 0 aliphatic heterocycles. The minimum atomic E-state index is -0.349. The molecule has 0 saturated carbocycles. The van der Waals surface area contributed by atoms with Gasteiger partial charge in [-0.25, -0.2) is 4.39 Å². The molecule has 2 rings (SSSR count). The van der Waals surface area contributed by atoms with E-state index in [9.17, 15) is 9.18 Å². The molecule has 0 spiro atoms. The third kappa shape index (κ3) is 2.14. The number of rotatable bonds is 2. The highest BCUT2D eigenvalue weighted by Gasteiger charge is 2.08. The Morgan fingerprint density at radius 3 is 2.25 bits per heavy atom. The van der Waals surface area contributed by atoms with E-state index in [1.54, 1.807) is 12.1 Å². The molecule has 3 heteroatoms. The Bertz CT molecular complexity index is 455. The van der Waals surface area contributed by atoms with Gasteiger partial charge in [-0.15, -0.1) is 0 Å². The van der Waals surface area contributed by atoms with E-state index in [-0.39, 0.29) is 11.6 Å². The van der Waals surface area contributed by atoms with E-state index >= 15 is 0 Å². The highest BCUT2D eigenvalue weighted by molar-refractivity contribution is 6.08. The summed E-state index contributed by atoms with van der Waals surface area (Å²) in [6.07, 6.45) is 1.53. The summed E-state index contributed by atoms with van der Waals surface area (Å²) in [5.74, 6) is -0.494. The monoisotopic (exact) mass is 215 g/mol. The molecular formula is C13H10FNO. The van der Waals surface area contributed by atoms with Crippen molar-refractivity contribution in [3.05, 3.63) is 65.2 Å². The van der Waals surface area contributed by atoms with Gasteiger partial charge in [-0.2, -0.15) is 0 Å². The maximum atomic E-state index is 12.7. The molecule has 16 heavy (non-hydrogen) atoms. The molecule has 80 valence electrons. The van der Waals surface area contributed by atoms with Gasteiger partial charge in [0.2, 0.25) is 0 Å². The van der Waals surface area contributed by atoms with E-state index in [2.05, 4.69) is 4.98 Å². The van der Waals surface area contributed by atoms with Gasteiger partial charge in [-0.1, -0.05) is 0 Å². The van der Waals surface area contributed by atoms with Gasteiger partial charge in [0.1, 0.15) is 5.82 Å². The quantitative estimate of drug-likeness (QED) is 0.721. The molecule has 0 unspecified atom stereocenters. The lowest BCUT2D eigenvalue weighted by Gasteiger charge is -2.00. The van der Waals surface area contributed by atoms with E-state index in [1.807, 2.05) is 6.92 Å². The van der Waals surface area contributed by atoms with E-state index in [0.717, 1.165) is 5.69 Å². The summed E-state index contributed by atoms with van der Waals surface area (Å²) in [7, 11) is 0. The normalized spacial score (nSPS) is 10.1. The van der Waals surface area contributed by atoms with Crippen molar-refractivity contribution in [3.63, 3.8) is 0 Å². The minimum absolute atomic E-state index is 0.146. The molecular weight excluding hydrogens is 205 g/mol. The number of ketones is 1. The largest absolute Gasteiger partial charge is 0.289 e. The Kier molecular flexibility index (Phi) is 2.77. The molecule has 0 radical (unpaired) electrons. The average molecular weight is 215 g/mol. The van der Waals surface area contributed by atoms with E-state index in [4.69, 9.17) is 0 Å². The van der Waals surface area contributed by atoms with Gasteiger partial charge in [-0.3, -0.25) is 9.78 Å². The van der Waals surface area contributed by atoms with Crippen LogP contribution in [0.2, 0.25) is 0 Å². The summed E-state index contributed by atoms with van der Waals surface area (Å²) in [6.45, 7) is 1.85. The highest BCUT2D eigenvalue weighted by Crippen LogP contribution is 2.10. The Labute approximate surface area is 92.8 Å². The van der Waals surface area contributed by atoms with Gasteiger partial charge in [0.25, 0.3) is 0 Å². The zero-order valence-electron chi connectivity index (χ0n) is 8.77. The summed E-state index contributed by atoms with van der Waals surface area (Å²) in [6, 6.07) is 8.98. The summed E-state index contributed by atoms with van der Waals surface area (Å²) >= 11 is 0. The van der Waals surface area contributed by atoms with Crippen LogP contribution in [-0.2, 0) is 0 Å². The zero-order valence-corrected chi connectivity index (χ0v) is 8.77. The Hall–Kier alpha value is -2.03. The summed E-state index contributed by atoms with van der Waals surface area (Å²) < 4.78 is 12.7. The Morgan fingerprint density at radius 2 is 1.69 bits per heavy atom. The highest BCUT2D eigenvalue weighted by atomic mass is 19.1.